The zero-order valence-corrected chi connectivity index (χ0v) is 36.0. The van der Waals surface area contributed by atoms with Crippen LogP contribution in [0.2, 0.25) is 0 Å². The Morgan fingerprint density at radius 2 is 0.828 bits per heavy atom. The van der Waals surface area contributed by atoms with Gasteiger partial charge in [-0.1, -0.05) is 208 Å². The van der Waals surface area contributed by atoms with Crippen LogP contribution in [-0.2, 0) is 5.41 Å². The first-order valence-corrected chi connectivity index (χ1v) is 22.3. The molecule has 1 nitrogen and oxygen atoms in total. The quantitative estimate of drug-likeness (QED) is 0.145. The smallest absolute Gasteiger partial charge is 0.0546 e. The fraction of sp³-hybridized carbons (Fsp3) is 0.0476. The molecule has 0 spiro atoms. The van der Waals surface area contributed by atoms with Crippen molar-refractivity contribution in [3.63, 3.8) is 0 Å². The van der Waals surface area contributed by atoms with Gasteiger partial charge in [-0.15, -0.1) is 0 Å². The van der Waals surface area contributed by atoms with Crippen molar-refractivity contribution in [2.24, 2.45) is 0 Å². The van der Waals surface area contributed by atoms with Crippen LogP contribution in [0, 0.1) is 0 Å². The minimum atomic E-state index is -0.112. The van der Waals surface area contributed by atoms with Crippen LogP contribution in [0.15, 0.2) is 237 Å². The molecule has 1 aliphatic carbocycles. The summed E-state index contributed by atoms with van der Waals surface area (Å²) >= 11 is 0. The zero-order valence-electron chi connectivity index (χ0n) is 36.0. The van der Waals surface area contributed by atoms with Gasteiger partial charge in [-0.3, -0.25) is 0 Å². The molecule has 11 aromatic rings. The Labute approximate surface area is 375 Å². The van der Waals surface area contributed by atoms with Gasteiger partial charge in [-0.25, -0.2) is 0 Å². The van der Waals surface area contributed by atoms with E-state index in [1.165, 1.54) is 99.1 Å². The van der Waals surface area contributed by atoms with E-state index in [0.717, 1.165) is 17.1 Å². The molecule has 0 aliphatic heterocycles. The summed E-state index contributed by atoms with van der Waals surface area (Å²) < 4.78 is 0. The van der Waals surface area contributed by atoms with Gasteiger partial charge in [-0.05, 0) is 136 Å². The standard InChI is InChI=1S/C63H45N/c1-63(2)60-26-13-12-23-57(60)58-25-14-24-54(62(58)63)44-29-34-50(35-30-44)64(51-36-31-45(32-37-51)59-40-49-19-8-9-20-52(49)55-21-10-11-22-56(55)59)61-41-48(33-38-53(61)43-16-4-3-5-17-43)47-28-27-42-15-6-7-18-46(42)39-47/h3-41H,1-2H3. The van der Waals surface area contributed by atoms with Gasteiger partial charge in [0, 0.05) is 22.4 Å². The number of anilines is 3. The van der Waals surface area contributed by atoms with Crippen LogP contribution in [0.5, 0.6) is 0 Å². The topological polar surface area (TPSA) is 3.24 Å². The Morgan fingerprint density at radius 1 is 0.297 bits per heavy atom. The minimum Gasteiger partial charge on any atom is -0.310 e. The molecule has 64 heavy (non-hydrogen) atoms. The molecule has 0 saturated carbocycles. The lowest BCUT2D eigenvalue weighted by Crippen LogP contribution is -2.16. The number of hydrogen-bond acceptors (Lipinski definition) is 1. The molecular weight excluding hydrogens is 771 g/mol. The monoisotopic (exact) mass is 815 g/mol. The summed E-state index contributed by atoms with van der Waals surface area (Å²) in [5.41, 5.74) is 18.3. The van der Waals surface area contributed by atoms with Crippen LogP contribution in [-0.4, -0.2) is 0 Å². The Bertz CT molecular complexity index is 3560. The van der Waals surface area contributed by atoms with Gasteiger partial charge in [0.15, 0.2) is 0 Å². The van der Waals surface area contributed by atoms with Crippen molar-refractivity contribution in [1.82, 2.24) is 0 Å². The van der Waals surface area contributed by atoms with Crippen LogP contribution < -0.4 is 4.90 Å². The van der Waals surface area contributed by atoms with Crippen molar-refractivity contribution < 1.29 is 0 Å². The van der Waals surface area contributed by atoms with Crippen LogP contribution in [0.25, 0.3) is 88.0 Å². The molecule has 302 valence electrons. The maximum absolute atomic E-state index is 2.45. The van der Waals surface area contributed by atoms with E-state index < -0.39 is 0 Å². The summed E-state index contributed by atoms with van der Waals surface area (Å²) in [5, 5.41) is 7.53. The van der Waals surface area contributed by atoms with E-state index in [-0.39, 0.29) is 5.41 Å². The van der Waals surface area contributed by atoms with E-state index >= 15 is 0 Å². The molecule has 0 saturated heterocycles. The lowest BCUT2D eigenvalue weighted by molar-refractivity contribution is 0.662. The predicted molar refractivity (Wildman–Crippen MR) is 273 cm³/mol. The first-order chi connectivity index (χ1) is 31.5. The van der Waals surface area contributed by atoms with Crippen molar-refractivity contribution in [2.45, 2.75) is 19.3 Å². The number of nitrogens with zero attached hydrogens (tertiary/aromatic N) is 1. The largest absolute Gasteiger partial charge is 0.310 e. The Kier molecular flexibility index (Phi) is 8.91. The predicted octanol–water partition coefficient (Wildman–Crippen LogP) is 17.6. The normalized spacial score (nSPS) is 12.7. The summed E-state index contributed by atoms with van der Waals surface area (Å²) in [6.45, 7) is 4.74. The fourth-order valence-electron chi connectivity index (χ4n) is 10.5. The van der Waals surface area contributed by atoms with Crippen LogP contribution in [0.3, 0.4) is 0 Å². The van der Waals surface area contributed by atoms with Crippen LogP contribution >= 0.6 is 0 Å². The third-order valence-electron chi connectivity index (χ3n) is 13.6. The van der Waals surface area contributed by atoms with Crippen LogP contribution in [0.4, 0.5) is 17.1 Å². The van der Waals surface area contributed by atoms with Gasteiger partial charge in [-0.2, -0.15) is 0 Å². The number of hydrogen-bond donors (Lipinski definition) is 0. The number of benzene rings is 11. The molecule has 1 aliphatic rings. The van der Waals surface area contributed by atoms with E-state index in [2.05, 4.69) is 255 Å². The lowest BCUT2D eigenvalue weighted by Gasteiger charge is -2.29. The SMILES string of the molecule is CC1(C)c2ccccc2-c2cccc(-c3ccc(N(c4ccc(-c5cc6ccccc6c6ccccc56)cc4)c4cc(-c5ccc6ccccc6c5)ccc4-c4ccccc4)cc3)c21. The van der Waals surface area contributed by atoms with Crippen molar-refractivity contribution in [1.29, 1.82) is 0 Å². The highest BCUT2D eigenvalue weighted by molar-refractivity contribution is 6.14. The highest BCUT2D eigenvalue weighted by Crippen LogP contribution is 2.52. The molecule has 0 bridgehead atoms. The van der Waals surface area contributed by atoms with E-state index in [4.69, 9.17) is 0 Å². The highest BCUT2D eigenvalue weighted by Gasteiger charge is 2.37. The molecule has 12 rings (SSSR count). The van der Waals surface area contributed by atoms with Crippen molar-refractivity contribution in [3.8, 4) is 55.6 Å². The second kappa shape index (κ2) is 15.1. The molecule has 0 amide bonds. The van der Waals surface area contributed by atoms with Gasteiger partial charge >= 0.3 is 0 Å². The Morgan fingerprint density at radius 3 is 1.59 bits per heavy atom. The molecule has 0 heterocycles. The Hall–Kier alpha value is -8.00. The highest BCUT2D eigenvalue weighted by atomic mass is 15.1. The average Bonchev–Trinajstić information content (AvgIpc) is 3.60. The second-order valence-corrected chi connectivity index (χ2v) is 17.7. The fourth-order valence-corrected chi connectivity index (χ4v) is 10.5. The van der Waals surface area contributed by atoms with Gasteiger partial charge in [0.25, 0.3) is 0 Å². The lowest BCUT2D eigenvalue weighted by atomic mass is 9.79. The first-order valence-electron chi connectivity index (χ1n) is 22.3. The molecule has 0 fully saturated rings. The second-order valence-electron chi connectivity index (χ2n) is 17.7. The van der Waals surface area contributed by atoms with Gasteiger partial charge in [0.05, 0.1) is 5.69 Å². The molecule has 0 aromatic heterocycles. The average molecular weight is 816 g/mol. The maximum atomic E-state index is 2.45. The maximum Gasteiger partial charge on any atom is 0.0546 e. The van der Waals surface area contributed by atoms with Gasteiger partial charge in [0.2, 0.25) is 0 Å². The summed E-state index contributed by atoms with van der Waals surface area (Å²) in [6, 6.07) is 87.3. The molecule has 11 aromatic carbocycles. The third-order valence-corrected chi connectivity index (χ3v) is 13.6. The molecule has 0 atom stereocenters. The molecule has 0 radical (unpaired) electrons. The molecular formula is C63H45N. The van der Waals surface area contributed by atoms with Crippen molar-refractivity contribution in [3.05, 3.63) is 248 Å². The van der Waals surface area contributed by atoms with Crippen LogP contribution in [0.1, 0.15) is 25.0 Å². The van der Waals surface area contributed by atoms with E-state index in [1.807, 2.05) is 0 Å². The first kappa shape index (κ1) is 37.7. The summed E-state index contributed by atoms with van der Waals surface area (Å²) in [6.07, 6.45) is 0. The molecule has 0 N–H and O–H groups in total. The van der Waals surface area contributed by atoms with Crippen molar-refractivity contribution >= 4 is 49.4 Å². The van der Waals surface area contributed by atoms with E-state index in [0.29, 0.717) is 0 Å². The van der Waals surface area contributed by atoms with Gasteiger partial charge < -0.3 is 4.90 Å². The summed E-state index contributed by atoms with van der Waals surface area (Å²) in [5.74, 6) is 0. The van der Waals surface area contributed by atoms with E-state index in [1.54, 1.807) is 0 Å². The number of fused-ring (bicyclic) bond motifs is 7. The molecule has 1 heteroatoms. The van der Waals surface area contributed by atoms with Crippen molar-refractivity contribution in [2.75, 3.05) is 4.90 Å². The minimum absolute atomic E-state index is 0.112. The summed E-state index contributed by atoms with van der Waals surface area (Å²) in [7, 11) is 0. The zero-order chi connectivity index (χ0) is 42.8. The van der Waals surface area contributed by atoms with E-state index in [9.17, 15) is 0 Å². The summed E-state index contributed by atoms with van der Waals surface area (Å²) in [4.78, 5) is 2.45. The number of rotatable bonds is 7. The molecule has 0 unspecified atom stereocenters. The van der Waals surface area contributed by atoms with Gasteiger partial charge in [0.1, 0.15) is 0 Å². The Balaban J connectivity index is 1.04. The third kappa shape index (κ3) is 6.23.